The molecule has 106 valence electrons. The average molecular weight is 284 g/mol. The van der Waals surface area contributed by atoms with Crippen LogP contribution in [0.3, 0.4) is 0 Å². The molecule has 1 aromatic carbocycles. The van der Waals surface area contributed by atoms with Crippen molar-refractivity contribution in [1.82, 2.24) is 9.78 Å². The molecule has 0 saturated carbocycles. The lowest BCUT2D eigenvalue weighted by molar-refractivity contribution is -0.138. The van der Waals surface area contributed by atoms with Gasteiger partial charge in [-0.2, -0.15) is 18.3 Å². The minimum absolute atomic E-state index is 0.0888. The van der Waals surface area contributed by atoms with Gasteiger partial charge >= 0.3 is 12.1 Å². The second kappa shape index (κ2) is 4.66. The van der Waals surface area contributed by atoms with E-state index in [4.69, 9.17) is 5.11 Å². The Bertz CT molecular complexity index is 675. The minimum Gasteiger partial charge on any atom is -0.477 e. The van der Waals surface area contributed by atoms with Crippen LogP contribution in [-0.2, 0) is 13.2 Å². The molecule has 0 aliphatic rings. The maximum atomic E-state index is 12.8. The van der Waals surface area contributed by atoms with Gasteiger partial charge in [0.25, 0.3) is 0 Å². The fourth-order valence-electron chi connectivity index (χ4n) is 1.90. The van der Waals surface area contributed by atoms with E-state index < -0.39 is 17.7 Å². The number of halogens is 3. The molecule has 0 amide bonds. The zero-order chi connectivity index (χ0) is 15.1. The lowest BCUT2D eigenvalue weighted by Crippen LogP contribution is -2.07. The topological polar surface area (TPSA) is 55.1 Å². The predicted molar refractivity (Wildman–Crippen MR) is 65.3 cm³/mol. The second-order valence-electron chi connectivity index (χ2n) is 4.37. The van der Waals surface area contributed by atoms with Gasteiger partial charge in [0.1, 0.15) is 5.69 Å². The summed E-state index contributed by atoms with van der Waals surface area (Å²) in [6.45, 7) is 1.37. The standard InChI is InChI=1S/C13H11F3N2O2/c1-7-3-4-8(5-9(7)13(14,15)16)10-6-11(12(19)20)18(2)17-10/h3-6H,1-2H3,(H,19,20). The van der Waals surface area contributed by atoms with Crippen LogP contribution in [0.5, 0.6) is 0 Å². The van der Waals surface area contributed by atoms with Gasteiger partial charge in [0.2, 0.25) is 0 Å². The number of alkyl halides is 3. The third-order valence-corrected chi connectivity index (χ3v) is 2.94. The number of aryl methyl sites for hydroxylation is 2. The molecule has 4 nitrogen and oxygen atoms in total. The van der Waals surface area contributed by atoms with Crippen LogP contribution in [0, 0.1) is 6.92 Å². The van der Waals surface area contributed by atoms with Gasteiger partial charge in [0.15, 0.2) is 0 Å². The molecule has 20 heavy (non-hydrogen) atoms. The Balaban J connectivity index is 2.54. The lowest BCUT2D eigenvalue weighted by atomic mass is 10.0. The highest BCUT2D eigenvalue weighted by Crippen LogP contribution is 2.34. The molecule has 0 spiro atoms. The fourth-order valence-corrected chi connectivity index (χ4v) is 1.90. The monoisotopic (exact) mass is 284 g/mol. The van der Waals surface area contributed by atoms with Crippen molar-refractivity contribution in [1.29, 1.82) is 0 Å². The molecule has 0 atom stereocenters. The minimum atomic E-state index is -4.45. The fraction of sp³-hybridized carbons (Fsp3) is 0.231. The quantitative estimate of drug-likeness (QED) is 0.921. The van der Waals surface area contributed by atoms with Gasteiger partial charge in [-0.1, -0.05) is 12.1 Å². The highest BCUT2D eigenvalue weighted by Gasteiger charge is 2.32. The second-order valence-corrected chi connectivity index (χ2v) is 4.37. The van der Waals surface area contributed by atoms with E-state index >= 15 is 0 Å². The van der Waals surface area contributed by atoms with E-state index in [9.17, 15) is 18.0 Å². The summed E-state index contributed by atoms with van der Waals surface area (Å²) in [6.07, 6.45) is -4.45. The van der Waals surface area contributed by atoms with Crippen molar-refractivity contribution in [2.45, 2.75) is 13.1 Å². The molecule has 0 radical (unpaired) electrons. The molecule has 0 saturated heterocycles. The highest BCUT2D eigenvalue weighted by molar-refractivity contribution is 5.87. The molecular formula is C13H11F3N2O2. The Kier molecular flexibility index (Phi) is 3.29. The van der Waals surface area contributed by atoms with Crippen molar-refractivity contribution in [2.24, 2.45) is 7.05 Å². The maximum absolute atomic E-state index is 12.8. The normalized spacial score (nSPS) is 11.7. The van der Waals surface area contributed by atoms with Crippen LogP contribution in [0.4, 0.5) is 13.2 Å². The van der Waals surface area contributed by atoms with Gasteiger partial charge in [-0.25, -0.2) is 4.79 Å². The number of hydrogen-bond donors (Lipinski definition) is 1. The number of carboxylic acids is 1. The Morgan fingerprint density at radius 1 is 1.30 bits per heavy atom. The molecule has 0 unspecified atom stereocenters. The van der Waals surface area contributed by atoms with Crippen LogP contribution >= 0.6 is 0 Å². The first-order valence-electron chi connectivity index (χ1n) is 5.65. The number of rotatable bonds is 2. The zero-order valence-electron chi connectivity index (χ0n) is 10.7. The summed E-state index contributed by atoms with van der Waals surface area (Å²) in [5.41, 5.74) is -0.316. The summed E-state index contributed by atoms with van der Waals surface area (Å²) in [4.78, 5) is 10.9. The molecule has 1 heterocycles. The van der Waals surface area contributed by atoms with E-state index in [2.05, 4.69) is 5.10 Å². The number of nitrogens with zero attached hydrogens (tertiary/aromatic N) is 2. The summed E-state index contributed by atoms with van der Waals surface area (Å²) in [5.74, 6) is -1.19. The van der Waals surface area contributed by atoms with Crippen molar-refractivity contribution in [3.63, 3.8) is 0 Å². The smallest absolute Gasteiger partial charge is 0.416 e. The molecule has 0 fully saturated rings. The lowest BCUT2D eigenvalue weighted by Gasteiger charge is -2.11. The van der Waals surface area contributed by atoms with Gasteiger partial charge in [0, 0.05) is 12.6 Å². The van der Waals surface area contributed by atoms with E-state index in [0.717, 1.165) is 10.7 Å². The Morgan fingerprint density at radius 2 is 1.95 bits per heavy atom. The summed E-state index contributed by atoms with van der Waals surface area (Å²) >= 11 is 0. The number of aromatic nitrogens is 2. The zero-order valence-corrected chi connectivity index (χ0v) is 10.7. The molecule has 0 aliphatic carbocycles. The predicted octanol–water partition coefficient (Wildman–Crippen LogP) is 3.11. The molecule has 2 rings (SSSR count). The molecule has 2 aromatic rings. The van der Waals surface area contributed by atoms with E-state index in [-0.39, 0.29) is 22.5 Å². The maximum Gasteiger partial charge on any atom is 0.416 e. The SMILES string of the molecule is Cc1ccc(-c2cc(C(=O)O)n(C)n2)cc1C(F)(F)F. The van der Waals surface area contributed by atoms with E-state index in [1.165, 1.54) is 32.2 Å². The summed E-state index contributed by atoms with van der Waals surface area (Å²) in [7, 11) is 1.42. The third kappa shape index (κ3) is 2.52. The first-order chi connectivity index (χ1) is 9.20. The number of hydrogen-bond acceptors (Lipinski definition) is 2. The number of carboxylic acid groups (broad SMARTS) is 1. The van der Waals surface area contributed by atoms with Crippen molar-refractivity contribution in [3.05, 3.63) is 41.1 Å². The summed E-state index contributed by atoms with van der Waals surface area (Å²) in [6, 6.07) is 5.04. The summed E-state index contributed by atoms with van der Waals surface area (Å²) < 4.78 is 39.6. The van der Waals surface area contributed by atoms with E-state index in [0.29, 0.717) is 0 Å². The average Bonchev–Trinajstić information content (AvgIpc) is 2.70. The Hall–Kier alpha value is -2.31. The van der Waals surface area contributed by atoms with Crippen LogP contribution in [0.15, 0.2) is 24.3 Å². The number of aromatic carboxylic acids is 1. The largest absolute Gasteiger partial charge is 0.477 e. The third-order valence-electron chi connectivity index (χ3n) is 2.94. The molecule has 1 aromatic heterocycles. The van der Waals surface area contributed by atoms with Crippen LogP contribution in [0.1, 0.15) is 21.6 Å². The van der Waals surface area contributed by atoms with Gasteiger partial charge < -0.3 is 5.11 Å². The van der Waals surface area contributed by atoms with Gasteiger partial charge in [-0.05, 0) is 24.6 Å². The van der Waals surface area contributed by atoms with Crippen molar-refractivity contribution >= 4 is 5.97 Å². The molecule has 0 aliphatic heterocycles. The van der Waals surface area contributed by atoms with E-state index in [1.807, 2.05) is 0 Å². The van der Waals surface area contributed by atoms with Gasteiger partial charge in [-0.15, -0.1) is 0 Å². The van der Waals surface area contributed by atoms with Crippen LogP contribution in [-0.4, -0.2) is 20.9 Å². The highest BCUT2D eigenvalue weighted by atomic mass is 19.4. The van der Waals surface area contributed by atoms with Gasteiger partial charge in [0.05, 0.1) is 11.3 Å². The Morgan fingerprint density at radius 3 is 2.45 bits per heavy atom. The van der Waals surface area contributed by atoms with Crippen LogP contribution in [0.25, 0.3) is 11.3 Å². The van der Waals surface area contributed by atoms with Crippen molar-refractivity contribution in [3.8, 4) is 11.3 Å². The first-order valence-corrected chi connectivity index (χ1v) is 5.65. The van der Waals surface area contributed by atoms with Gasteiger partial charge in [-0.3, -0.25) is 4.68 Å². The van der Waals surface area contributed by atoms with Crippen molar-refractivity contribution < 1.29 is 23.1 Å². The molecule has 1 N–H and O–H groups in total. The van der Waals surface area contributed by atoms with Crippen LogP contribution < -0.4 is 0 Å². The van der Waals surface area contributed by atoms with Crippen molar-refractivity contribution in [2.75, 3.05) is 0 Å². The van der Waals surface area contributed by atoms with E-state index in [1.54, 1.807) is 0 Å². The Labute approximate surface area is 112 Å². The molecule has 7 heteroatoms. The summed E-state index contributed by atoms with van der Waals surface area (Å²) in [5, 5.41) is 12.8. The number of benzene rings is 1. The van der Waals surface area contributed by atoms with Crippen LogP contribution in [0.2, 0.25) is 0 Å². The first kappa shape index (κ1) is 14.1. The number of carbonyl (C=O) groups is 1. The molecule has 0 bridgehead atoms. The molecular weight excluding hydrogens is 273 g/mol.